The van der Waals surface area contributed by atoms with Crippen LogP contribution < -0.4 is 4.90 Å². The van der Waals surface area contributed by atoms with Crippen molar-refractivity contribution in [1.82, 2.24) is 9.97 Å². The van der Waals surface area contributed by atoms with Gasteiger partial charge in [0.2, 0.25) is 0 Å². The lowest BCUT2D eigenvalue weighted by Gasteiger charge is -2.16. The first-order chi connectivity index (χ1) is 15.2. The number of carbonyl (C=O) groups is 1. The van der Waals surface area contributed by atoms with Gasteiger partial charge in [0, 0.05) is 18.5 Å². The van der Waals surface area contributed by atoms with Gasteiger partial charge in [-0.2, -0.15) is 0 Å². The molecule has 3 heterocycles. The number of aromatic nitrogens is 2. The molecule has 2 aromatic heterocycles. The topological polar surface area (TPSA) is 88.7 Å². The molecule has 1 N–H and O–H groups in total. The summed E-state index contributed by atoms with van der Waals surface area (Å²) in [7, 11) is 0. The molecular weight excluding hydrogens is 406 g/mol. The summed E-state index contributed by atoms with van der Waals surface area (Å²) in [5.41, 5.74) is 1.75. The monoisotopic (exact) mass is 443 g/mol. The number of para-hydroxylation sites is 1. The number of nitrogens with zero attached hydrogens (tertiary/aromatic N) is 3. The summed E-state index contributed by atoms with van der Waals surface area (Å²) in [6, 6.07) is 7.80. The number of hydrogen-bond donors (Lipinski definition) is 1. The van der Waals surface area contributed by atoms with E-state index in [4.69, 9.17) is 14.3 Å². The molecule has 7 nitrogen and oxygen atoms in total. The van der Waals surface area contributed by atoms with E-state index in [0.29, 0.717) is 18.0 Å². The third-order valence-corrected chi connectivity index (χ3v) is 4.26. The van der Waals surface area contributed by atoms with Crippen LogP contribution in [0.4, 0.5) is 5.82 Å². The number of aliphatic hydroxyl groups is 1. The van der Waals surface area contributed by atoms with Crippen LogP contribution >= 0.6 is 0 Å². The van der Waals surface area contributed by atoms with Crippen molar-refractivity contribution in [2.24, 2.45) is 0 Å². The fraction of sp³-hybridized carbons (Fsp3) is 0.560. The van der Waals surface area contributed by atoms with E-state index in [2.05, 4.69) is 28.7 Å². The Balaban J connectivity index is 0.000000395. The van der Waals surface area contributed by atoms with Crippen molar-refractivity contribution in [3.8, 4) is 0 Å². The highest BCUT2D eigenvalue weighted by atomic mass is 16.5. The number of carbonyl (C=O) groups excluding carboxylic acids is 1. The van der Waals surface area contributed by atoms with Gasteiger partial charge < -0.3 is 19.2 Å². The molecule has 32 heavy (non-hydrogen) atoms. The highest BCUT2D eigenvalue weighted by Gasteiger charge is 2.23. The standard InChI is InChI=1S/C18H19N3O3.C4H10O.C3H8/c1-2-23-15(22)11-14-19-16-12-7-3-4-8-13(12)24-17(16)18(20-14)21-9-5-6-10-21;1-4(2,3)5;1-3-2/h3-4,7-8H,2,5-6,9-11H2,1H3;5H,1-3H3;3H2,1-2H3. The van der Waals surface area contributed by atoms with Gasteiger partial charge in [0.15, 0.2) is 11.4 Å². The number of esters is 1. The fourth-order valence-corrected chi connectivity index (χ4v) is 3.18. The Labute approximate surface area is 190 Å². The van der Waals surface area contributed by atoms with E-state index in [1.54, 1.807) is 27.7 Å². The van der Waals surface area contributed by atoms with E-state index in [1.807, 2.05) is 24.3 Å². The Kier molecular flexibility index (Phi) is 9.44. The lowest BCUT2D eigenvalue weighted by Crippen LogP contribution is -2.21. The van der Waals surface area contributed by atoms with Crippen LogP contribution in [0.3, 0.4) is 0 Å². The van der Waals surface area contributed by atoms with Crippen LogP contribution in [0.25, 0.3) is 22.1 Å². The van der Waals surface area contributed by atoms with Crippen LogP contribution in [-0.2, 0) is 16.0 Å². The van der Waals surface area contributed by atoms with E-state index < -0.39 is 5.60 Å². The smallest absolute Gasteiger partial charge is 0.313 e. The zero-order valence-corrected chi connectivity index (χ0v) is 20.3. The van der Waals surface area contributed by atoms with Crippen molar-refractivity contribution in [2.45, 2.75) is 72.8 Å². The summed E-state index contributed by atoms with van der Waals surface area (Å²) in [4.78, 5) is 23.3. The van der Waals surface area contributed by atoms with Gasteiger partial charge >= 0.3 is 5.97 Å². The van der Waals surface area contributed by atoms with Crippen LogP contribution in [0.5, 0.6) is 0 Å². The van der Waals surface area contributed by atoms with Gasteiger partial charge in [0.05, 0.1) is 12.2 Å². The summed E-state index contributed by atoms with van der Waals surface area (Å²) >= 11 is 0. The van der Waals surface area contributed by atoms with Gasteiger partial charge in [0.1, 0.15) is 23.3 Å². The van der Waals surface area contributed by atoms with Crippen molar-refractivity contribution in [3.05, 3.63) is 30.1 Å². The van der Waals surface area contributed by atoms with Crippen LogP contribution in [0.1, 0.15) is 66.6 Å². The molecule has 1 aromatic carbocycles. The highest BCUT2D eigenvalue weighted by molar-refractivity contribution is 6.05. The second kappa shape index (κ2) is 11.8. The number of rotatable bonds is 4. The zero-order valence-electron chi connectivity index (χ0n) is 20.3. The summed E-state index contributed by atoms with van der Waals surface area (Å²) in [6.07, 6.45) is 3.60. The molecule has 0 amide bonds. The number of hydrogen-bond acceptors (Lipinski definition) is 7. The first kappa shape index (κ1) is 25.6. The van der Waals surface area contributed by atoms with Crippen molar-refractivity contribution >= 4 is 33.9 Å². The van der Waals surface area contributed by atoms with Gasteiger partial charge in [-0.05, 0) is 52.7 Å². The number of benzene rings is 1. The predicted molar refractivity (Wildman–Crippen MR) is 129 cm³/mol. The Hall–Kier alpha value is -2.67. The average molecular weight is 444 g/mol. The Morgan fingerprint density at radius 1 is 1.12 bits per heavy atom. The molecule has 0 atom stereocenters. The SMILES string of the molecule is CC(C)(C)O.CCC.CCOC(=O)Cc1nc(N2CCCC2)c2oc3ccccc3c2n1. The maximum absolute atomic E-state index is 11.8. The van der Waals surface area contributed by atoms with Crippen LogP contribution in [-0.4, -0.2) is 46.3 Å². The molecule has 0 radical (unpaired) electrons. The van der Waals surface area contributed by atoms with Gasteiger partial charge in [-0.3, -0.25) is 4.79 Å². The van der Waals surface area contributed by atoms with Crippen LogP contribution in [0, 0.1) is 0 Å². The van der Waals surface area contributed by atoms with Crippen LogP contribution in [0.15, 0.2) is 28.7 Å². The van der Waals surface area contributed by atoms with Gasteiger partial charge in [-0.1, -0.05) is 32.4 Å². The molecule has 1 aliphatic rings. The van der Waals surface area contributed by atoms with Gasteiger partial charge in [-0.15, -0.1) is 0 Å². The summed E-state index contributed by atoms with van der Waals surface area (Å²) < 4.78 is 11.1. The van der Waals surface area contributed by atoms with Gasteiger partial charge in [-0.25, -0.2) is 9.97 Å². The summed E-state index contributed by atoms with van der Waals surface area (Å²) in [5, 5.41) is 9.47. The number of furan rings is 1. The molecule has 176 valence electrons. The predicted octanol–water partition coefficient (Wildman–Crippen LogP) is 5.28. The molecule has 7 heteroatoms. The molecule has 0 saturated carbocycles. The van der Waals surface area contributed by atoms with Crippen molar-refractivity contribution in [3.63, 3.8) is 0 Å². The third-order valence-electron chi connectivity index (χ3n) is 4.26. The molecule has 1 aliphatic heterocycles. The summed E-state index contributed by atoms with van der Waals surface area (Å²) in [6.45, 7) is 13.5. The maximum atomic E-state index is 11.8. The molecule has 1 fully saturated rings. The zero-order chi connectivity index (χ0) is 23.7. The Morgan fingerprint density at radius 3 is 2.31 bits per heavy atom. The minimum atomic E-state index is -0.500. The van der Waals surface area contributed by atoms with Crippen molar-refractivity contribution in [1.29, 1.82) is 0 Å². The lowest BCUT2D eigenvalue weighted by molar-refractivity contribution is -0.142. The number of ether oxygens (including phenoxy) is 1. The van der Waals surface area contributed by atoms with Crippen molar-refractivity contribution in [2.75, 3.05) is 24.6 Å². The van der Waals surface area contributed by atoms with Crippen molar-refractivity contribution < 1.29 is 19.1 Å². The van der Waals surface area contributed by atoms with Crippen LogP contribution in [0.2, 0.25) is 0 Å². The molecule has 3 aromatic rings. The Morgan fingerprint density at radius 2 is 1.72 bits per heavy atom. The van der Waals surface area contributed by atoms with E-state index in [0.717, 1.165) is 48.2 Å². The molecule has 1 saturated heterocycles. The number of anilines is 1. The van der Waals surface area contributed by atoms with E-state index in [-0.39, 0.29) is 12.4 Å². The quantitative estimate of drug-likeness (QED) is 0.549. The second-order valence-electron chi connectivity index (χ2n) is 8.79. The summed E-state index contributed by atoms with van der Waals surface area (Å²) in [5.74, 6) is 0.958. The molecular formula is C25H37N3O4. The Bertz CT molecular complexity index is 995. The van der Waals surface area contributed by atoms with E-state index in [9.17, 15) is 4.79 Å². The minimum Gasteiger partial charge on any atom is -0.466 e. The van der Waals surface area contributed by atoms with Gasteiger partial charge in [0.25, 0.3) is 0 Å². The third kappa shape index (κ3) is 7.48. The normalized spacial score (nSPS) is 13.4. The average Bonchev–Trinajstić information content (AvgIpc) is 3.35. The largest absolute Gasteiger partial charge is 0.466 e. The molecule has 0 unspecified atom stereocenters. The van der Waals surface area contributed by atoms with E-state index >= 15 is 0 Å². The van der Waals surface area contributed by atoms with E-state index in [1.165, 1.54) is 6.42 Å². The molecule has 0 aliphatic carbocycles. The number of fused-ring (bicyclic) bond motifs is 3. The second-order valence-corrected chi connectivity index (χ2v) is 8.79. The minimum absolute atomic E-state index is 0.0735. The lowest BCUT2D eigenvalue weighted by atomic mass is 10.2. The highest BCUT2D eigenvalue weighted by Crippen LogP contribution is 2.34. The maximum Gasteiger partial charge on any atom is 0.313 e. The first-order valence-corrected chi connectivity index (χ1v) is 11.5. The fourth-order valence-electron chi connectivity index (χ4n) is 3.18. The molecule has 4 rings (SSSR count). The first-order valence-electron chi connectivity index (χ1n) is 11.5. The molecule has 0 spiro atoms. The molecule has 0 bridgehead atoms.